The van der Waals surface area contributed by atoms with E-state index < -0.39 is 0 Å². The lowest BCUT2D eigenvalue weighted by molar-refractivity contribution is -0.145. The topological polar surface area (TPSA) is 58.6 Å². The highest BCUT2D eigenvalue weighted by Crippen LogP contribution is 2.44. The van der Waals surface area contributed by atoms with Gasteiger partial charge in [0.2, 0.25) is 11.8 Å². The molecule has 0 aromatic rings. The SMILES string of the molecule is CO[C@H]1CNCC1N1C(=O)C2CC(C)CC2C1=O. The van der Waals surface area contributed by atoms with Crippen molar-refractivity contribution in [2.24, 2.45) is 17.8 Å². The second-order valence-corrected chi connectivity index (χ2v) is 5.84. The summed E-state index contributed by atoms with van der Waals surface area (Å²) in [6.07, 6.45) is 1.67. The van der Waals surface area contributed by atoms with Crippen molar-refractivity contribution in [2.45, 2.75) is 31.9 Å². The van der Waals surface area contributed by atoms with E-state index in [1.807, 2.05) is 0 Å². The number of hydrogen-bond donors (Lipinski definition) is 1. The van der Waals surface area contributed by atoms with Crippen LogP contribution in [-0.4, -0.2) is 49.1 Å². The summed E-state index contributed by atoms with van der Waals surface area (Å²) in [7, 11) is 1.64. The van der Waals surface area contributed by atoms with E-state index in [1.54, 1.807) is 7.11 Å². The molecule has 3 aliphatic rings. The number of carbonyl (C=O) groups is 2. The first-order chi connectivity index (χ1) is 8.63. The fraction of sp³-hybridized carbons (Fsp3) is 0.846. The van der Waals surface area contributed by atoms with Gasteiger partial charge in [-0.3, -0.25) is 14.5 Å². The molecule has 100 valence electrons. The van der Waals surface area contributed by atoms with Crippen LogP contribution in [0, 0.1) is 17.8 Å². The van der Waals surface area contributed by atoms with Gasteiger partial charge in [0.15, 0.2) is 0 Å². The lowest BCUT2D eigenvalue weighted by Gasteiger charge is -2.27. The zero-order valence-electron chi connectivity index (χ0n) is 10.9. The van der Waals surface area contributed by atoms with Crippen molar-refractivity contribution in [3.63, 3.8) is 0 Å². The molecule has 2 amide bonds. The van der Waals surface area contributed by atoms with Crippen LogP contribution >= 0.6 is 0 Å². The van der Waals surface area contributed by atoms with Crippen LogP contribution in [0.2, 0.25) is 0 Å². The Bertz CT molecular complexity index is 360. The van der Waals surface area contributed by atoms with Gasteiger partial charge in [-0.1, -0.05) is 6.92 Å². The molecule has 1 aliphatic carbocycles. The Hall–Kier alpha value is -0.940. The highest BCUT2D eigenvalue weighted by Gasteiger charge is 2.55. The average molecular weight is 252 g/mol. The summed E-state index contributed by atoms with van der Waals surface area (Å²) in [5.41, 5.74) is 0. The van der Waals surface area contributed by atoms with E-state index in [9.17, 15) is 9.59 Å². The third-order valence-corrected chi connectivity index (χ3v) is 4.67. The predicted octanol–water partition coefficient (Wildman–Crippen LogP) is 0.00430. The van der Waals surface area contributed by atoms with E-state index in [-0.39, 0.29) is 35.8 Å². The molecule has 0 aromatic heterocycles. The molecule has 4 atom stereocenters. The van der Waals surface area contributed by atoms with Gasteiger partial charge in [0.05, 0.1) is 24.0 Å². The van der Waals surface area contributed by atoms with Crippen LogP contribution in [0.5, 0.6) is 0 Å². The van der Waals surface area contributed by atoms with E-state index >= 15 is 0 Å². The highest BCUT2D eigenvalue weighted by molar-refractivity contribution is 6.06. The predicted molar refractivity (Wildman–Crippen MR) is 64.7 cm³/mol. The number of amides is 2. The number of ether oxygens (including phenoxy) is 1. The standard InChI is InChI=1S/C13H20N2O3/c1-7-3-8-9(4-7)13(17)15(12(8)16)10-5-14-6-11(10)18-2/h7-11,14H,3-6H2,1-2H3/t7?,8?,9?,10?,11-/m0/s1. The van der Waals surface area contributed by atoms with Crippen molar-refractivity contribution >= 4 is 11.8 Å². The van der Waals surface area contributed by atoms with Gasteiger partial charge in [0, 0.05) is 20.2 Å². The number of imide groups is 1. The molecular formula is C13H20N2O3. The molecule has 0 bridgehead atoms. The number of fused-ring (bicyclic) bond motifs is 1. The van der Waals surface area contributed by atoms with Gasteiger partial charge in [-0.15, -0.1) is 0 Å². The average Bonchev–Trinajstić information content (AvgIpc) is 2.99. The molecule has 1 saturated carbocycles. The molecule has 0 spiro atoms. The van der Waals surface area contributed by atoms with Gasteiger partial charge in [0.1, 0.15) is 0 Å². The summed E-state index contributed by atoms with van der Waals surface area (Å²) in [6, 6.07) is -0.115. The number of hydrogen-bond acceptors (Lipinski definition) is 4. The Balaban J connectivity index is 1.82. The summed E-state index contributed by atoms with van der Waals surface area (Å²) >= 11 is 0. The molecule has 2 aliphatic heterocycles. The van der Waals surface area contributed by atoms with E-state index in [0.29, 0.717) is 19.0 Å². The second-order valence-electron chi connectivity index (χ2n) is 5.84. The molecule has 0 radical (unpaired) electrons. The maximum absolute atomic E-state index is 12.4. The lowest BCUT2D eigenvalue weighted by atomic mass is 10.00. The van der Waals surface area contributed by atoms with Crippen molar-refractivity contribution in [3.8, 4) is 0 Å². The van der Waals surface area contributed by atoms with Crippen LogP contribution in [0.25, 0.3) is 0 Å². The number of nitrogens with one attached hydrogen (secondary N) is 1. The third kappa shape index (κ3) is 1.61. The summed E-state index contributed by atoms with van der Waals surface area (Å²) in [5, 5.41) is 3.19. The molecule has 2 saturated heterocycles. The number of carbonyl (C=O) groups excluding carboxylic acids is 2. The molecule has 3 rings (SSSR count). The first kappa shape index (κ1) is 12.1. The Morgan fingerprint density at radius 2 is 1.78 bits per heavy atom. The number of methoxy groups -OCH3 is 1. The molecule has 18 heavy (non-hydrogen) atoms. The fourth-order valence-electron chi connectivity index (χ4n) is 3.77. The summed E-state index contributed by atoms with van der Waals surface area (Å²) in [4.78, 5) is 26.3. The van der Waals surface area contributed by atoms with E-state index in [4.69, 9.17) is 4.74 Å². The zero-order valence-corrected chi connectivity index (χ0v) is 10.9. The maximum atomic E-state index is 12.4. The fourth-order valence-corrected chi connectivity index (χ4v) is 3.77. The molecule has 1 N–H and O–H groups in total. The smallest absolute Gasteiger partial charge is 0.233 e. The molecule has 2 heterocycles. The molecule has 5 nitrogen and oxygen atoms in total. The largest absolute Gasteiger partial charge is 0.378 e. The van der Waals surface area contributed by atoms with Crippen molar-refractivity contribution in [1.29, 1.82) is 0 Å². The second kappa shape index (κ2) is 4.31. The Morgan fingerprint density at radius 3 is 2.33 bits per heavy atom. The van der Waals surface area contributed by atoms with E-state index in [0.717, 1.165) is 12.8 Å². The van der Waals surface area contributed by atoms with Crippen molar-refractivity contribution in [1.82, 2.24) is 10.2 Å². The zero-order chi connectivity index (χ0) is 12.9. The van der Waals surface area contributed by atoms with Crippen molar-refractivity contribution < 1.29 is 14.3 Å². The molecule has 5 heteroatoms. The maximum Gasteiger partial charge on any atom is 0.233 e. The van der Waals surface area contributed by atoms with Gasteiger partial charge in [-0.2, -0.15) is 0 Å². The minimum Gasteiger partial charge on any atom is -0.378 e. The molecular weight excluding hydrogens is 232 g/mol. The monoisotopic (exact) mass is 252 g/mol. The molecule has 3 unspecified atom stereocenters. The van der Waals surface area contributed by atoms with Gasteiger partial charge in [-0.05, 0) is 18.8 Å². The molecule has 0 aromatic carbocycles. The Kier molecular flexibility index (Phi) is 2.90. The van der Waals surface area contributed by atoms with Crippen LogP contribution in [0.4, 0.5) is 0 Å². The minimum atomic E-state index is -0.115. The first-order valence-electron chi connectivity index (χ1n) is 6.74. The molecule has 3 fully saturated rings. The van der Waals surface area contributed by atoms with Crippen molar-refractivity contribution in [2.75, 3.05) is 20.2 Å². The van der Waals surface area contributed by atoms with Crippen LogP contribution in [0.15, 0.2) is 0 Å². The van der Waals surface area contributed by atoms with Gasteiger partial charge in [0.25, 0.3) is 0 Å². The van der Waals surface area contributed by atoms with Gasteiger partial charge in [-0.25, -0.2) is 0 Å². The van der Waals surface area contributed by atoms with Gasteiger partial charge >= 0.3 is 0 Å². The Morgan fingerprint density at radius 1 is 1.17 bits per heavy atom. The normalized spacial score (nSPS) is 43.9. The van der Waals surface area contributed by atoms with Crippen LogP contribution in [-0.2, 0) is 14.3 Å². The quantitative estimate of drug-likeness (QED) is 0.703. The van der Waals surface area contributed by atoms with Crippen LogP contribution in [0.1, 0.15) is 19.8 Å². The van der Waals surface area contributed by atoms with Crippen molar-refractivity contribution in [3.05, 3.63) is 0 Å². The third-order valence-electron chi connectivity index (χ3n) is 4.67. The Labute approximate surface area is 107 Å². The van der Waals surface area contributed by atoms with Crippen LogP contribution < -0.4 is 5.32 Å². The summed E-state index contributed by atoms with van der Waals surface area (Å²) in [6.45, 7) is 3.49. The van der Waals surface area contributed by atoms with E-state index in [2.05, 4.69) is 12.2 Å². The van der Waals surface area contributed by atoms with Crippen LogP contribution in [0.3, 0.4) is 0 Å². The summed E-state index contributed by atoms with van der Waals surface area (Å²) < 4.78 is 5.37. The van der Waals surface area contributed by atoms with E-state index in [1.165, 1.54) is 4.90 Å². The van der Waals surface area contributed by atoms with Gasteiger partial charge < -0.3 is 10.1 Å². The lowest BCUT2D eigenvalue weighted by Crippen LogP contribution is -2.48. The minimum absolute atomic E-state index is 0.0325. The number of rotatable bonds is 2. The number of likely N-dealkylation sites (tertiary alicyclic amines) is 1. The highest BCUT2D eigenvalue weighted by atomic mass is 16.5. The first-order valence-corrected chi connectivity index (χ1v) is 6.74. The summed E-state index contributed by atoms with van der Waals surface area (Å²) in [5.74, 6) is 0.432. The number of nitrogens with zero attached hydrogens (tertiary/aromatic N) is 1.